The summed E-state index contributed by atoms with van der Waals surface area (Å²) in [6.45, 7) is 6.45. The van der Waals surface area contributed by atoms with E-state index in [1.807, 2.05) is 11.3 Å². The summed E-state index contributed by atoms with van der Waals surface area (Å²) in [5.41, 5.74) is 8.46. The molecule has 0 atom stereocenters. The average Bonchev–Trinajstić information content (AvgIpc) is 2.91. The first kappa shape index (κ1) is 15.1. The highest BCUT2D eigenvalue weighted by molar-refractivity contribution is 7.22. The van der Waals surface area contributed by atoms with Gasteiger partial charge in [0.15, 0.2) is 0 Å². The van der Waals surface area contributed by atoms with Crippen molar-refractivity contribution >= 4 is 21.6 Å². The fraction of sp³-hybridized carbons (Fsp3) is 0.136. The Bertz CT molecular complexity index is 1010. The van der Waals surface area contributed by atoms with E-state index in [4.69, 9.17) is 4.98 Å². The van der Waals surface area contributed by atoms with Crippen LogP contribution in [-0.4, -0.2) is 4.98 Å². The summed E-state index contributed by atoms with van der Waals surface area (Å²) in [4.78, 5) is 6.30. The van der Waals surface area contributed by atoms with E-state index in [0.29, 0.717) is 0 Å². The van der Waals surface area contributed by atoms with Crippen molar-refractivity contribution < 1.29 is 0 Å². The standard InChI is InChI=1S/C22H19NS/c1-14-11-15(2)13-18(12-14)19-9-10-20-21(23-19)16(3)22(24-20)17-7-5-4-6-8-17/h4-13H,1-3H3. The second-order valence-corrected chi connectivity index (χ2v) is 7.39. The van der Waals surface area contributed by atoms with Crippen molar-refractivity contribution in [3.63, 3.8) is 0 Å². The Kier molecular flexibility index (Phi) is 3.70. The Hall–Kier alpha value is -2.45. The maximum Gasteiger partial charge on any atom is 0.0852 e. The SMILES string of the molecule is Cc1cc(C)cc(-c2ccc3sc(-c4ccccc4)c(C)c3n2)c1. The largest absolute Gasteiger partial charge is 0.247 e. The molecule has 0 fully saturated rings. The Morgan fingerprint density at radius 1 is 0.750 bits per heavy atom. The molecule has 0 unspecified atom stereocenters. The highest BCUT2D eigenvalue weighted by Gasteiger charge is 2.12. The minimum atomic E-state index is 1.05. The summed E-state index contributed by atoms with van der Waals surface area (Å²) < 4.78 is 1.25. The lowest BCUT2D eigenvalue weighted by atomic mass is 10.0. The predicted molar refractivity (Wildman–Crippen MR) is 105 cm³/mol. The first-order chi connectivity index (χ1) is 11.6. The molecule has 4 rings (SSSR count). The summed E-state index contributed by atoms with van der Waals surface area (Å²) in [5.74, 6) is 0. The highest BCUT2D eigenvalue weighted by atomic mass is 32.1. The molecule has 0 N–H and O–H groups in total. The van der Waals surface area contributed by atoms with E-state index in [9.17, 15) is 0 Å². The van der Waals surface area contributed by atoms with E-state index >= 15 is 0 Å². The van der Waals surface area contributed by atoms with Crippen LogP contribution in [0.2, 0.25) is 0 Å². The second kappa shape index (κ2) is 5.88. The zero-order valence-electron chi connectivity index (χ0n) is 14.1. The molecule has 0 aliphatic rings. The number of fused-ring (bicyclic) bond motifs is 1. The predicted octanol–water partition coefficient (Wildman–Crippen LogP) is 6.56. The molecule has 0 aliphatic carbocycles. The molecule has 2 aromatic carbocycles. The Morgan fingerprint density at radius 3 is 2.17 bits per heavy atom. The monoisotopic (exact) mass is 329 g/mol. The fourth-order valence-corrected chi connectivity index (χ4v) is 4.39. The van der Waals surface area contributed by atoms with Crippen LogP contribution >= 0.6 is 11.3 Å². The quantitative estimate of drug-likeness (QED) is 0.406. The number of nitrogens with zero attached hydrogens (tertiary/aromatic N) is 1. The summed E-state index contributed by atoms with van der Waals surface area (Å²) >= 11 is 1.82. The maximum atomic E-state index is 4.98. The first-order valence-corrected chi connectivity index (χ1v) is 8.98. The Balaban J connectivity index is 1.88. The van der Waals surface area contributed by atoms with Crippen LogP contribution < -0.4 is 0 Å². The number of hydrogen-bond acceptors (Lipinski definition) is 2. The van der Waals surface area contributed by atoms with Crippen LogP contribution in [0.15, 0.2) is 60.7 Å². The number of rotatable bonds is 2. The summed E-state index contributed by atoms with van der Waals surface area (Å²) in [6, 6.07) is 21.5. The van der Waals surface area contributed by atoms with Gasteiger partial charge in [-0.05, 0) is 56.2 Å². The first-order valence-electron chi connectivity index (χ1n) is 8.16. The highest BCUT2D eigenvalue weighted by Crippen LogP contribution is 2.38. The zero-order chi connectivity index (χ0) is 16.7. The maximum absolute atomic E-state index is 4.98. The molecule has 2 heteroatoms. The molecule has 0 bridgehead atoms. The molecule has 4 aromatic rings. The molecule has 24 heavy (non-hydrogen) atoms. The Morgan fingerprint density at radius 2 is 1.46 bits per heavy atom. The van der Waals surface area contributed by atoms with E-state index in [2.05, 4.69) is 81.4 Å². The lowest BCUT2D eigenvalue weighted by Gasteiger charge is -2.05. The van der Waals surface area contributed by atoms with Gasteiger partial charge in [-0.1, -0.05) is 47.5 Å². The lowest BCUT2D eigenvalue weighted by molar-refractivity contribution is 1.34. The fourth-order valence-electron chi connectivity index (χ4n) is 3.24. The minimum Gasteiger partial charge on any atom is -0.247 e. The molecule has 0 amide bonds. The van der Waals surface area contributed by atoms with Gasteiger partial charge in [-0.3, -0.25) is 0 Å². The number of aromatic nitrogens is 1. The van der Waals surface area contributed by atoms with Gasteiger partial charge in [-0.2, -0.15) is 0 Å². The van der Waals surface area contributed by atoms with E-state index in [-0.39, 0.29) is 0 Å². The molecule has 0 aliphatic heterocycles. The molecule has 0 radical (unpaired) electrons. The van der Waals surface area contributed by atoms with Gasteiger partial charge in [-0.25, -0.2) is 4.98 Å². The van der Waals surface area contributed by atoms with E-state index in [0.717, 1.165) is 11.2 Å². The van der Waals surface area contributed by atoms with Crippen molar-refractivity contribution in [2.24, 2.45) is 0 Å². The number of benzene rings is 2. The van der Waals surface area contributed by atoms with Crippen LogP contribution in [0.25, 0.3) is 31.9 Å². The lowest BCUT2D eigenvalue weighted by Crippen LogP contribution is -1.87. The summed E-state index contributed by atoms with van der Waals surface area (Å²) in [5, 5.41) is 0. The van der Waals surface area contributed by atoms with Crippen molar-refractivity contribution in [1.82, 2.24) is 4.98 Å². The van der Waals surface area contributed by atoms with Crippen LogP contribution in [0, 0.1) is 20.8 Å². The molecule has 118 valence electrons. The summed E-state index contributed by atoms with van der Waals surface area (Å²) in [7, 11) is 0. The summed E-state index contributed by atoms with van der Waals surface area (Å²) in [6.07, 6.45) is 0. The number of pyridine rings is 1. The van der Waals surface area contributed by atoms with Crippen molar-refractivity contribution in [2.75, 3.05) is 0 Å². The molecule has 2 heterocycles. The van der Waals surface area contributed by atoms with Gasteiger partial charge >= 0.3 is 0 Å². The third-order valence-electron chi connectivity index (χ3n) is 4.32. The van der Waals surface area contributed by atoms with Crippen molar-refractivity contribution in [3.05, 3.63) is 77.4 Å². The van der Waals surface area contributed by atoms with Gasteiger partial charge in [-0.15, -0.1) is 11.3 Å². The zero-order valence-corrected chi connectivity index (χ0v) is 14.9. The smallest absolute Gasteiger partial charge is 0.0852 e. The van der Waals surface area contributed by atoms with Crippen molar-refractivity contribution in [3.8, 4) is 21.7 Å². The molecular formula is C22H19NS. The van der Waals surface area contributed by atoms with Gasteiger partial charge in [0.25, 0.3) is 0 Å². The van der Waals surface area contributed by atoms with Crippen LogP contribution in [-0.2, 0) is 0 Å². The van der Waals surface area contributed by atoms with Gasteiger partial charge in [0.05, 0.1) is 15.9 Å². The minimum absolute atomic E-state index is 1.05. The molecule has 0 saturated heterocycles. The van der Waals surface area contributed by atoms with Crippen LogP contribution in [0.5, 0.6) is 0 Å². The molecule has 1 nitrogen and oxygen atoms in total. The van der Waals surface area contributed by atoms with Gasteiger partial charge in [0.1, 0.15) is 0 Å². The third-order valence-corrected chi connectivity index (χ3v) is 5.61. The number of aryl methyl sites for hydroxylation is 3. The van der Waals surface area contributed by atoms with Gasteiger partial charge in [0, 0.05) is 10.4 Å². The molecule has 2 aromatic heterocycles. The van der Waals surface area contributed by atoms with Crippen LogP contribution in [0.1, 0.15) is 16.7 Å². The average molecular weight is 329 g/mol. The van der Waals surface area contributed by atoms with E-state index < -0.39 is 0 Å². The third kappa shape index (κ3) is 2.63. The normalized spacial score (nSPS) is 11.1. The number of hydrogen-bond donors (Lipinski definition) is 0. The second-order valence-electron chi connectivity index (χ2n) is 6.34. The molecular weight excluding hydrogens is 310 g/mol. The van der Waals surface area contributed by atoms with Gasteiger partial charge in [0.2, 0.25) is 0 Å². The van der Waals surface area contributed by atoms with Crippen molar-refractivity contribution in [2.45, 2.75) is 20.8 Å². The van der Waals surface area contributed by atoms with E-state index in [1.54, 1.807) is 0 Å². The van der Waals surface area contributed by atoms with Crippen molar-refractivity contribution in [1.29, 1.82) is 0 Å². The molecule has 0 saturated carbocycles. The topological polar surface area (TPSA) is 12.9 Å². The van der Waals surface area contributed by atoms with Crippen LogP contribution in [0.4, 0.5) is 0 Å². The molecule has 0 spiro atoms. The Labute approximate surface area is 146 Å². The van der Waals surface area contributed by atoms with E-state index in [1.165, 1.54) is 37.4 Å². The number of thiophene rings is 1. The van der Waals surface area contributed by atoms with Crippen LogP contribution in [0.3, 0.4) is 0 Å². The van der Waals surface area contributed by atoms with Gasteiger partial charge < -0.3 is 0 Å².